The minimum absolute atomic E-state index is 0.00911. The predicted octanol–water partition coefficient (Wildman–Crippen LogP) is 2.90. The van der Waals surface area contributed by atoms with Gasteiger partial charge in [0.2, 0.25) is 0 Å². The van der Waals surface area contributed by atoms with Gasteiger partial charge in [0, 0.05) is 12.1 Å². The van der Waals surface area contributed by atoms with Crippen LogP contribution in [0.1, 0.15) is 31.7 Å². The van der Waals surface area contributed by atoms with Gasteiger partial charge in [0.1, 0.15) is 0 Å². The summed E-state index contributed by atoms with van der Waals surface area (Å²) < 4.78 is 4.76. The second kappa shape index (κ2) is 6.14. The van der Waals surface area contributed by atoms with Crippen LogP contribution in [0.2, 0.25) is 0 Å². The van der Waals surface area contributed by atoms with Gasteiger partial charge in [0.25, 0.3) is 5.69 Å². The molecule has 0 spiro atoms. The summed E-state index contributed by atoms with van der Waals surface area (Å²) in [4.78, 5) is 22.0. The Balaban J connectivity index is 3.08. The van der Waals surface area contributed by atoms with E-state index in [4.69, 9.17) is 4.74 Å². The van der Waals surface area contributed by atoms with Gasteiger partial charge in [-0.3, -0.25) is 14.9 Å². The number of benzene rings is 1. The smallest absolute Gasteiger partial charge is 0.313 e. The summed E-state index contributed by atoms with van der Waals surface area (Å²) in [5.41, 5.74) is 0.620. The zero-order valence-electron chi connectivity index (χ0n) is 10.8. The van der Waals surface area contributed by atoms with Crippen LogP contribution in [-0.4, -0.2) is 18.0 Å². The third kappa shape index (κ3) is 3.55. The van der Waals surface area contributed by atoms with Crippen LogP contribution in [0.25, 0.3) is 0 Å². The average molecular weight is 251 g/mol. The number of nitrogens with zero attached hydrogens (tertiary/aromatic N) is 1. The summed E-state index contributed by atoms with van der Waals surface area (Å²) in [5.74, 6) is -0.507. The fourth-order valence-electron chi connectivity index (χ4n) is 1.84. The second-order valence-corrected chi connectivity index (χ2v) is 4.56. The molecule has 0 N–H and O–H groups in total. The van der Waals surface area contributed by atoms with E-state index >= 15 is 0 Å². The molecule has 0 saturated heterocycles. The number of nitro groups is 1. The number of nitro benzene ring substituents is 1. The number of carbonyl (C=O) groups excluding carboxylic acids is 1. The standard InChI is InChI=1S/C13H17NO4/c1-9(2)7-12(13(15)18-3)10-5-4-6-11(8-10)14(16)17/h4-6,8-9,12H,7H2,1-3H3. The molecule has 0 aliphatic carbocycles. The van der Waals surface area contributed by atoms with Crippen molar-refractivity contribution in [2.75, 3.05) is 7.11 Å². The molecule has 0 radical (unpaired) electrons. The van der Waals surface area contributed by atoms with Crippen LogP contribution < -0.4 is 0 Å². The number of carbonyl (C=O) groups is 1. The van der Waals surface area contributed by atoms with Crippen molar-refractivity contribution in [3.05, 3.63) is 39.9 Å². The minimum Gasteiger partial charge on any atom is -0.469 e. The van der Waals surface area contributed by atoms with Gasteiger partial charge in [-0.05, 0) is 17.9 Å². The van der Waals surface area contributed by atoms with Crippen molar-refractivity contribution in [3.63, 3.8) is 0 Å². The van der Waals surface area contributed by atoms with E-state index in [2.05, 4.69) is 0 Å². The van der Waals surface area contributed by atoms with Crippen LogP contribution in [0, 0.1) is 16.0 Å². The van der Waals surface area contributed by atoms with Gasteiger partial charge < -0.3 is 4.74 Å². The molecule has 18 heavy (non-hydrogen) atoms. The van der Waals surface area contributed by atoms with Crippen molar-refractivity contribution in [3.8, 4) is 0 Å². The third-order valence-electron chi connectivity index (χ3n) is 2.68. The van der Waals surface area contributed by atoms with Gasteiger partial charge in [0.15, 0.2) is 0 Å². The lowest BCUT2D eigenvalue weighted by Gasteiger charge is -2.16. The summed E-state index contributed by atoms with van der Waals surface area (Å²) in [6.45, 7) is 3.99. The van der Waals surface area contributed by atoms with E-state index in [0.717, 1.165) is 0 Å². The SMILES string of the molecule is COC(=O)C(CC(C)C)c1cccc([N+](=O)[O-])c1. The Morgan fingerprint density at radius 2 is 2.11 bits per heavy atom. The number of hydrogen-bond acceptors (Lipinski definition) is 4. The van der Waals surface area contributed by atoms with Crippen LogP contribution in [0.15, 0.2) is 24.3 Å². The Hall–Kier alpha value is -1.91. The fraction of sp³-hybridized carbons (Fsp3) is 0.462. The first-order chi connectivity index (χ1) is 8.45. The topological polar surface area (TPSA) is 69.4 Å². The van der Waals surface area contributed by atoms with Crippen molar-refractivity contribution in [1.82, 2.24) is 0 Å². The maximum absolute atomic E-state index is 11.7. The third-order valence-corrected chi connectivity index (χ3v) is 2.68. The molecule has 1 aromatic carbocycles. The summed E-state index contributed by atoms with van der Waals surface area (Å²) in [5, 5.41) is 10.7. The molecule has 1 aromatic rings. The van der Waals surface area contributed by atoms with Crippen molar-refractivity contribution in [1.29, 1.82) is 0 Å². The van der Waals surface area contributed by atoms with Gasteiger partial charge in [-0.15, -0.1) is 0 Å². The normalized spacial score (nSPS) is 12.2. The fourth-order valence-corrected chi connectivity index (χ4v) is 1.84. The van der Waals surface area contributed by atoms with Crippen LogP contribution in [0.5, 0.6) is 0 Å². The molecule has 5 nitrogen and oxygen atoms in total. The molecule has 0 heterocycles. The molecule has 0 aliphatic heterocycles. The van der Waals surface area contributed by atoms with Crippen LogP contribution in [0.4, 0.5) is 5.69 Å². The monoisotopic (exact) mass is 251 g/mol. The minimum atomic E-state index is -0.465. The van der Waals surface area contributed by atoms with Crippen LogP contribution >= 0.6 is 0 Å². The second-order valence-electron chi connectivity index (χ2n) is 4.56. The highest BCUT2D eigenvalue weighted by molar-refractivity contribution is 5.78. The summed E-state index contributed by atoms with van der Waals surface area (Å²) in [6, 6.07) is 6.15. The number of esters is 1. The molecule has 0 aromatic heterocycles. The number of hydrogen-bond donors (Lipinski definition) is 0. The van der Waals surface area contributed by atoms with Gasteiger partial charge in [-0.25, -0.2) is 0 Å². The highest BCUT2D eigenvalue weighted by Crippen LogP contribution is 2.27. The van der Waals surface area contributed by atoms with E-state index in [1.807, 2.05) is 13.8 Å². The zero-order valence-corrected chi connectivity index (χ0v) is 10.8. The number of rotatable bonds is 5. The maximum atomic E-state index is 11.7. The Morgan fingerprint density at radius 3 is 2.61 bits per heavy atom. The molecule has 5 heteroatoms. The van der Waals surface area contributed by atoms with E-state index in [0.29, 0.717) is 17.9 Å². The summed E-state index contributed by atoms with van der Waals surface area (Å²) in [7, 11) is 1.33. The lowest BCUT2D eigenvalue weighted by atomic mass is 9.90. The molecule has 0 aliphatic rings. The van der Waals surface area contributed by atoms with Crippen molar-refractivity contribution < 1.29 is 14.5 Å². The first-order valence-corrected chi connectivity index (χ1v) is 5.78. The molecule has 1 atom stereocenters. The summed E-state index contributed by atoms with van der Waals surface area (Å²) >= 11 is 0. The van der Waals surface area contributed by atoms with Gasteiger partial charge in [0.05, 0.1) is 18.0 Å². The molecule has 98 valence electrons. The molecule has 1 unspecified atom stereocenters. The molecular formula is C13H17NO4. The molecule has 1 rings (SSSR count). The Kier molecular flexibility index (Phi) is 4.83. The maximum Gasteiger partial charge on any atom is 0.313 e. The van der Waals surface area contributed by atoms with E-state index in [1.165, 1.54) is 19.2 Å². The lowest BCUT2D eigenvalue weighted by molar-refractivity contribution is -0.384. The highest BCUT2D eigenvalue weighted by atomic mass is 16.6. The van der Waals surface area contributed by atoms with Crippen LogP contribution in [0.3, 0.4) is 0 Å². The zero-order chi connectivity index (χ0) is 13.7. The first kappa shape index (κ1) is 14.2. The van der Waals surface area contributed by atoms with Crippen molar-refractivity contribution >= 4 is 11.7 Å². The lowest BCUT2D eigenvalue weighted by Crippen LogP contribution is -2.16. The molecule has 0 bridgehead atoms. The van der Waals surface area contributed by atoms with Crippen molar-refractivity contribution in [2.45, 2.75) is 26.2 Å². The quantitative estimate of drug-likeness (QED) is 0.458. The Morgan fingerprint density at radius 1 is 1.44 bits per heavy atom. The number of methoxy groups -OCH3 is 1. The highest BCUT2D eigenvalue weighted by Gasteiger charge is 2.24. The predicted molar refractivity (Wildman–Crippen MR) is 67.3 cm³/mol. The molecule has 0 fully saturated rings. The van der Waals surface area contributed by atoms with Gasteiger partial charge in [-0.1, -0.05) is 26.0 Å². The number of ether oxygens (including phenoxy) is 1. The summed E-state index contributed by atoms with van der Waals surface area (Å²) in [6.07, 6.45) is 0.605. The van der Waals surface area contributed by atoms with E-state index in [1.54, 1.807) is 12.1 Å². The number of non-ortho nitro benzene ring substituents is 1. The molecular weight excluding hydrogens is 234 g/mol. The average Bonchev–Trinajstić information content (AvgIpc) is 2.35. The van der Waals surface area contributed by atoms with E-state index < -0.39 is 10.8 Å². The Bertz CT molecular complexity index is 442. The Labute approximate surface area is 106 Å². The van der Waals surface area contributed by atoms with Crippen LogP contribution in [-0.2, 0) is 9.53 Å². The van der Waals surface area contributed by atoms with E-state index in [9.17, 15) is 14.9 Å². The van der Waals surface area contributed by atoms with E-state index in [-0.39, 0.29) is 11.7 Å². The largest absolute Gasteiger partial charge is 0.469 e. The molecule has 0 amide bonds. The van der Waals surface area contributed by atoms with Gasteiger partial charge >= 0.3 is 5.97 Å². The van der Waals surface area contributed by atoms with Gasteiger partial charge in [-0.2, -0.15) is 0 Å². The first-order valence-electron chi connectivity index (χ1n) is 5.78. The van der Waals surface area contributed by atoms with Crippen molar-refractivity contribution in [2.24, 2.45) is 5.92 Å². The molecule has 0 saturated carbocycles.